The van der Waals surface area contributed by atoms with Crippen molar-refractivity contribution in [3.63, 3.8) is 0 Å². The van der Waals surface area contributed by atoms with Crippen LogP contribution in [-0.2, 0) is 4.79 Å². The van der Waals surface area contributed by atoms with Crippen LogP contribution in [0.5, 0.6) is 0 Å². The number of hydrogen-bond donors (Lipinski definition) is 0. The zero-order valence-electron chi connectivity index (χ0n) is 10.9. The zero-order valence-corrected chi connectivity index (χ0v) is 11.7. The number of carbonyl (C=O) groups excluding carboxylic acids is 1. The van der Waals surface area contributed by atoms with Gasteiger partial charge in [-0.25, -0.2) is 0 Å². The highest BCUT2D eigenvalue weighted by atomic mass is 32.2. The maximum atomic E-state index is 12.2. The Kier molecular flexibility index (Phi) is 2.36. The molecule has 3 nitrogen and oxygen atoms in total. The molecule has 3 atom stereocenters. The van der Waals surface area contributed by atoms with Gasteiger partial charge >= 0.3 is 0 Å². The minimum atomic E-state index is -0.156. The quantitative estimate of drug-likeness (QED) is 0.674. The molecule has 1 amide bonds. The third-order valence-electron chi connectivity index (χ3n) is 5.47. The Morgan fingerprint density at radius 1 is 1.33 bits per heavy atom. The first kappa shape index (κ1) is 11.3. The normalized spacial score (nSPS) is 41.2. The van der Waals surface area contributed by atoms with E-state index in [9.17, 15) is 4.79 Å². The lowest BCUT2D eigenvalue weighted by Crippen LogP contribution is -2.42. The summed E-state index contributed by atoms with van der Waals surface area (Å²) >= 11 is 1.80. The van der Waals surface area contributed by atoms with Gasteiger partial charge in [0.25, 0.3) is 5.91 Å². The van der Waals surface area contributed by atoms with Gasteiger partial charge in [0.2, 0.25) is 0 Å². The molecule has 0 aromatic heterocycles. The molecule has 1 saturated heterocycles. The number of carbonyl (C=O) groups is 1. The van der Waals surface area contributed by atoms with Crippen LogP contribution in [-0.4, -0.2) is 32.8 Å². The van der Waals surface area contributed by atoms with Crippen molar-refractivity contribution in [2.24, 2.45) is 10.9 Å². The van der Waals surface area contributed by atoms with Crippen LogP contribution in [0.3, 0.4) is 0 Å². The number of thioether (sulfide) groups is 1. The fraction of sp³-hybridized carbons (Fsp3) is 0.857. The minimum absolute atomic E-state index is 0.156. The van der Waals surface area contributed by atoms with Gasteiger partial charge in [-0.2, -0.15) is 4.99 Å². The Morgan fingerprint density at radius 3 is 2.78 bits per heavy atom. The molecule has 4 aliphatic rings. The number of amidine groups is 1. The number of likely N-dealkylation sites (tertiary alicyclic amines) is 1. The van der Waals surface area contributed by atoms with Crippen LogP contribution in [0.4, 0.5) is 0 Å². The maximum Gasteiger partial charge on any atom is 0.264 e. The van der Waals surface area contributed by atoms with Gasteiger partial charge in [-0.1, -0.05) is 24.6 Å². The van der Waals surface area contributed by atoms with Crippen molar-refractivity contribution in [1.82, 2.24) is 4.90 Å². The molecular formula is C14H20N2OS. The number of fused-ring (bicyclic) bond motifs is 2. The van der Waals surface area contributed by atoms with Crippen LogP contribution in [0, 0.1) is 5.92 Å². The molecular weight excluding hydrogens is 244 g/mol. The molecule has 3 fully saturated rings. The zero-order chi connectivity index (χ0) is 12.3. The summed E-state index contributed by atoms with van der Waals surface area (Å²) in [4.78, 5) is 19.2. The van der Waals surface area contributed by atoms with Gasteiger partial charge in [-0.3, -0.25) is 4.79 Å². The molecule has 0 N–H and O–H groups in total. The Balaban J connectivity index is 1.60. The van der Waals surface area contributed by atoms with E-state index in [0.717, 1.165) is 23.9 Å². The Labute approximate surface area is 112 Å². The molecule has 2 heterocycles. The summed E-state index contributed by atoms with van der Waals surface area (Å²) in [6, 6.07) is 1.26. The van der Waals surface area contributed by atoms with E-state index in [4.69, 9.17) is 0 Å². The monoisotopic (exact) mass is 264 g/mol. The largest absolute Gasteiger partial charge is 0.345 e. The summed E-state index contributed by atoms with van der Waals surface area (Å²) in [5.74, 6) is 1.00. The van der Waals surface area contributed by atoms with E-state index >= 15 is 0 Å². The van der Waals surface area contributed by atoms with E-state index in [1.807, 2.05) is 0 Å². The van der Waals surface area contributed by atoms with E-state index in [0.29, 0.717) is 12.1 Å². The predicted molar refractivity (Wildman–Crippen MR) is 73.7 cm³/mol. The molecule has 4 heteroatoms. The van der Waals surface area contributed by atoms with Crippen molar-refractivity contribution in [3.05, 3.63) is 0 Å². The topological polar surface area (TPSA) is 32.7 Å². The molecule has 4 rings (SSSR count). The van der Waals surface area contributed by atoms with E-state index < -0.39 is 0 Å². The summed E-state index contributed by atoms with van der Waals surface area (Å²) in [5, 5.41) is 1.06. The second-order valence-corrected chi connectivity index (χ2v) is 7.73. The summed E-state index contributed by atoms with van der Waals surface area (Å²) in [7, 11) is 0. The van der Waals surface area contributed by atoms with Crippen LogP contribution >= 0.6 is 11.8 Å². The van der Waals surface area contributed by atoms with Crippen molar-refractivity contribution in [3.8, 4) is 0 Å². The highest BCUT2D eigenvalue weighted by Crippen LogP contribution is 2.51. The number of aliphatic imine (C=N–C) groups is 1. The van der Waals surface area contributed by atoms with Gasteiger partial charge < -0.3 is 4.90 Å². The average Bonchev–Trinajstić information content (AvgIpc) is 3.06. The van der Waals surface area contributed by atoms with Crippen LogP contribution < -0.4 is 0 Å². The first-order valence-electron chi connectivity index (χ1n) is 7.30. The van der Waals surface area contributed by atoms with Crippen LogP contribution in [0.2, 0.25) is 0 Å². The van der Waals surface area contributed by atoms with Gasteiger partial charge in [0.1, 0.15) is 4.75 Å². The van der Waals surface area contributed by atoms with Gasteiger partial charge in [-0.05, 0) is 44.9 Å². The van der Waals surface area contributed by atoms with Crippen molar-refractivity contribution in [1.29, 1.82) is 0 Å². The van der Waals surface area contributed by atoms with Gasteiger partial charge in [-0.15, -0.1) is 0 Å². The minimum Gasteiger partial charge on any atom is -0.345 e. The fourth-order valence-electron chi connectivity index (χ4n) is 4.37. The number of rotatable bonds is 0. The molecule has 0 aromatic carbocycles. The number of hydrogen-bond acceptors (Lipinski definition) is 3. The molecule has 1 spiro atoms. The van der Waals surface area contributed by atoms with Crippen molar-refractivity contribution >= 4 is 22.8 Å². The van der Waals surface area contributed by atoms with E-state index in [1.165, 1.54) is 32.1 Å². The summed E-state index contributed by atoms with van der Waals surface area (Å²) in [6.07, 6.45) is 8.48. The van der Waals surface area contributed by atoms with Crippen LogP contribution in [0.15, 0.2) is 4.99 Å². The number of amides is 1. The smallest absolute Gasteiger partial charge is 0.264 e. The second kappa shape index (κ2) is 3.75. The standard InChI is InChI=1S/C14H20N2OS/c1-9-10-4-5-11(8-10)16(9)13-15-12(17)14(18-13)6-2-3-7-14/h9-11H,2-8H2,1H3/t9-,10-,11?/m1/s1. The molecule has 98 valence electrons. The van der Waals surface area contributed by atoms with E-state index in [1.54, 1.807) is 11.8 Å². The highest BCUT2D eigenvalue weighted by molar-refractivity contribution is 8.16. The fourth-order valence-corrected chi connectivity index (χ4v) is 5.90. The van der Waals surface area contributed by atoms with Crippen LogP contribution in [0.1, 0.15) is 51.9 Å². The lowest BCUT2D eigenvalue weighted by Gasteiger charge is -2.34. The average molecular weight is 264 g/mol. The summed E-state index contributed by atoms with van der Waals surface area (Å²) in [6.45, 7) is 2.32. The van der Waals surface area contributed by atoms with Crippen molar-refractivity contribution in [2.45, 2.75) is 68.7 Å². The second-order valence-electron chi connectivity index (χ2n) is 6.38. The Morgan fingerprint density at radius 2 is 2.11 bits per heavy atom. The summed E-state index contributed by atoms with van der Waals surface area (Å²) < 4.78 is -0.156. The molecule has 2 bridgehead atoms. The molecule has 2 aliphatic carbocycles. The number of piperidine rings is 1. The first-order valence-corrected chi connectivity index (χ1v) is 8.12. The molecule has 1 unspecified atom stereocenters. The van der Waals surface area contributed by atoms with E-state index in [-0.39, 0.29) is 10.7 Å². The number of nitrogens with zero attached hydrogens (tertiary/aromatic N) is 2. The summed E-state index contributed by atoms with van der Waals surface area (Å²) in [5.41, 5.74) is 0. The predicted octanol–water partition coefficient (Wildman–Crippen LogP) is 2.80. The highest BCUT2D eigenvalue weighted by Gasteiger charge is 2.52. The third kappa shape index (κ3) is 1.38. The third-order valence-corrected chi connectivity index (χ3v) is 6.92. The maximum absolute atomic E-state index is 12.2. The van der Waals surface area contributed by atoms with Crippen LogP contribution in [0.25, 0.3) is 0 Å². The van der Waals surface area contributed by atoms with E-state index in [2.05, 4.69) is 16.8 Å². The van der Waals surface area contributed by atoms with Crippen molar-refractivity contribution in [2.75, 3.05) is 0 Å². The molecule has 0 aromatic rings. The van der Waals surface area contributed by atoms with Gasteiger partial charge in [0.05, 0.1) is 0 Å². The molecule has 2 aliphatic heterocycles. The van der Waals surface area contributed by atoms with Gasteiger partial charge in [0, 0.05) is 12.1 Å². The lowest BCUT2D eigenvalue weighted by atomic mass is 10.0. The molecule has 0 radical (unpaired) electrons. The Bertz CT molecular complexity index is 426. The van der Waals surface area contributed by atoms with Gasteiger partial charge in [0.15, 0.2) is 5.17 Å². The lowest BCUT2D eigenvalue weighted by molar-refractivity contribution is -0.119. The SMILES string of the molecule is C[C@@H]1[C@@H]2CCC(C2)N1C1=NC(=O)C2(CCCC2)S1. The van der Waals surface area contributed by atoms with Crippen molar-refractivity contribution < 1.29 is 4.79 Å². The Hall–Kier alpha value is -0.510. The molecule has 18 heavy (non-hydrogen) atoms. The first-order chi connectivity index (χ1) is 8.70. The molecule has 2 saturated carbocycles.